The number of rotatable bonds is 1. The lowest BCUT2D eigenvalue weighted by molar-refractivity contribution is -0.140. The molecule has 2 aliphatic carbocycles. The first kappa shape index (κ1) is 18.0. The largest absolute Gasteiger partial charge is 0.466 e. The standard InChI is InChI=1S/C15H24.C4H8O2/c1-11-6-5-7-12(2)13-10-15(3,4)14(13)9-8-11;1-3-6-4(2)5/h6,13-14H,2,5,7-10H2,1,3-4H3;3H2,1-2H3/b11-6+;/t13-,14-;/m1./s1. The predicted molar refractivity (Wildman–Crippen MR) is 89.1 cm³/mol. The zero-order chi connectivity index (χ0) is 16.0. The predicted octanol–water partition coefficient (Wildman–Crippen LogP) is 5.29. The highest BCUT2D eigenvalue weighted by Gasteiger charge is 2.47. The summed E-state index contributed by atoms with van der Waals surface area (Å²) in [6.45, 7) is 15.1. The second-order valence-corrected chi connectivity index (χ2v) is 7.12. The fourth-order valence-electron chi connectivity index (χ4n) is 3.64. The highest BCUT2D eigenvalue weighted by molar-refractivity contribution is 5.65. The van der Waals surface area contributed by atoms with Crippen molar-refractivity contribution in [2.24, 2.45) is 17.3 Å². The maximum atomic E-state index is 9.82. The number of esters is 1. The third-order valence-electron chi connectivity index (χ3n) is 4.92. The lowest BCUT2D eigenvalue weighted by atomic mass is 9.52. The van der Waals surface area contributed by atoms with Crippen LogP contribution < -0.4 is 0 Å². The Hall–Kier alpha value is -1.05. The summed E-state index contributed by atoms with van der Waals surface area (Å²) < 4.78 is 4.40. The lowest BCUT2D eigenvalue weighted by Crippen LogP contribution is -2.44. The Morgan fingerprint density at radius 3 is 2.57 bits per heavy atom. The molecular weight excluding hydrogens is 260 g/mol. The summed E-state index contributed by atoms with van der Waals surface area (Å²) >= 11 is 0. The van der Waals surface area contributed by atoms with E-state index in [1.165, 1.54) is 44.6 Å². The lowest BCUT2D eigenvalue weighted by Gasteiger charge is -2.53. The SMILES string of the molecule is C=C1CC/C=C(\C)CC[C@@H]2[C@@H]1CC2(C)C.CCOC(C)=O. The molecule has 120 valence electrons. The topological polar surface area (TPSA) is 26.3 Å². The van der Waals surface area contributed by atoms with E-state index >= 15 is 0 Å². The van der Waals surface area contributed by atoms with Crippen molar-refractivity contribution in [1.82, 2.24) is 0 Å². The molecule has 0 radical (unpaired) electrons. The first-order valence-electron chi connectivity index (χ1n) is 8.24. The smallest absolute Gasteiger partial charge is 0.302 e. The molecule has 0 saturated heterocycles. The van der Waals surface area contributed by atoms with Gasteiger partial charge in [0.1, 0.15) is 0 Å². The van der Waals surface area contributed by atoms with E-state index in [9.17, 15) is 4.79 Å². The fourth-order valence-corrected chi connectivity index (χ4v) is 3.64. The number of allylic oxidation sites excluding steroid dienone is 3. The number of carbonyl (C=O) groups excluding carboxylic acids is 1. The van der Waals surface area contributed by atoms with Crippen LogP contribution in [-0.4, -0.2) is 12.6 Å². The quantitative estimate of drug-likeness (QED) is 0.484. The maximum Gasteiger partial charge on any atom is 0.302 e. The van der Waals surface area contributed by atoms with Gasteiger partial charge in [0.25, 0.3) is 0 Å². The van der Waals surface area contributed by atoms with E-state index in [0.29, 0.717) is 12.0 Å². The summed E-state index contributed by atoms with van der Waals surface area (Å²) in [7, 11) is 0. The zero-order valence-corrected chi connectivity index (χ0v) is 14.5. The van der Waals surface area contributed by atoms with Gasteiger partial charge in [0.15, 0.2) is 0 Å². The van der Waals surface area contributed by atoms with E-state index in [2.05, 4.69) is 38.2 Å². The molecule has 2 atom stereocenters. The zero-order valence-electron chi connectivity index (χ0n) is 14.5. The molecule has 0 aliphatic heterocycles. The molecule has 0 aromatic carbocycles. The van der Waals surface area contributed by atoms with Crippen LogP contribution in [0, 0.1) is 17.3 Å². The molecule has 1 saturated carbocycles. The average Bonchev–Trinajstić information content (AvgIpc) is 2.41. The molecule has 0 aromatic rings. The van der Waals surface area contributed by atoms with Gasteiger partial charge < -0.3 is 4.74 Å². The summed E-state index contributed by atoms with van der Waals surface area (Å²) in [5.41, 5.74) is 3.68. The van der Waals surface area contributed by atoms with Gasteiger partial charge in [-0.1, -0.05) is 37.6 Å². The molecule has 1 fully saturated rings. The Kier molecular flexibility index (Phi) is 6.70. The normalized spacial score (nSPS) is 30.0. The molecule has 0 amide bonds. The van der Waals surface area contributed by atoms with Crippen LogP contribution >= 0.6 is 0 Å². The molecule has 0 heterocycles. The molecule has 0 spiro atoms. The van der Waals surface area contributed by atoms with Crippen LogP contribution in [0.25, 0.3) is 0 Å². The molecule has 21 heavy (non-hydrogen) atoms. The van der Waals surface area contributed by atoms with Gasteiger partial charge >= 0.3 is 5.97 Å². The minimum atomic E-state index is -0.211. The number of hydrogen-bond donors (Lipinski definition) is 0. The number of hydrogen-bond acceptors (Lipinski definition) is 2. The maximum absolute atomic E-state index is 9.82. The van der Waals surface area contributed by atoms with E-state index in [0.717, 1.165) is 11.8 Å². The van der Waals surface area contributed by atoms with Gasteiger partial charge in [0.2, 0.25) is 0 Å². The summed E-state index contributed by atoms with van der Waals surface area (Å²) in [5, 5.41) is 0. The van der Waals surface area contributed by atoms with Crippen molar-refractivity contribution in [3.8, 4) is 0 Å². The Morgan fingerprint density at radius 1 is 1.43 bits per heavy atom. The molecule has 0 unspecified atom stereocenters. The number of ether oxygens (including phenoxy) is 1. The van der Waals surface area contributed by atoms with Crippen LogP contribution in [0.2, 0.25) is 0 Å². The monoisotopic (exact) mass is 292 g/mol. The molecule has 0 N–H and O–H groups in total. The van der Waals surface area contributed by atoms with Crippen molar-refractivity contribution < 1.29 is 9.53 Å². The van der Waals surface area contributed by atoms with Gasteiger partial charge in [-0.3, -0.25) is 4.79 Å². The first-order valence-corrected chi connectivity index (χ1v) is 8.24. The molecule has 2 nitrogen and oxygen atoms in total. The Bertz CT molecular complexity index is 404. The highest BCUT2D eigenvalue weighted by Crippen LogP contribution is 2.56. The van der Waals surface area contributed by atoms with E-state index in [-0.39, 0.29) is 5.97 Å². The minimum Gasteiger partial charge on any atom is -0.466 e. The first-order chi connectivity index (χ1) is 9.77. The van der Waals surface area contributed by atoms with Crippen LogP contribution in [0.3, 0.4) is 0 Å². The number of fused-ring (bicyclic) bond motifs is 1. The molecule has 2 rings (SSSR count). The highest BCUT2D eigenvalue weighted by atomic mass is 16.5. The van der Waals surface area contributed by atoms with E-state index in [1.54, 1.807) is 12.5 Å². The van der Waals surface area contributed by atoms with Gasteiger partial charge in [-0.05, 0) is 63.2 Å². The van der Waals surface area contributed by atoms with Gasteiger partial charge in [-0.15, -0.1) is 0 Å². The van der Waals surface area contributed by atoms with Crippen molar-refractivity contribution in [3.63, 3.8) is 0 Å². The van der Waals surface area contributed by atoms with Crippen LogP contribution in [0.1, 0.15) is 66.7 Å². The second kappa shape index (κ2) is 7.82. The summed E-state index contributed by atoms with van der Waals surface area (Å²) in [6.07, 6.45) is 8.90. The third-order valence-corrected chi connectivity index (χ3v) is 4.92. The van der Waals surface area contributed by atoms with Crippen LogP contribution in [-0.2, 0) is 9.53 Å². The third kappa shape index (κ3) is 5.33. The molecule has 0 bridgehead atoms. The summed E-state index contributed by atoms with van der Waals surface area (Å²) in [4.78, 5) is 9.82. The van der Waals surface area contributed by atoms with Crippen LogP contribution in [0.5, 0.6) is 0 Å². The fraction of sp³-hybridized carbons (Fsp3) is 0.737. The molecule has 0 aromatic heterocycles. The van der Waals surface area contributed by atoms with Crippen molar-refractivity contribution in [2.75, 3.05) is 6.61 Å². The minimum absolute atomic E-state index is 0.211. The van der Waals surface area contributed by atoms with Gasteiger partial charge in [-0.2, -0.15) is 0 Å². The van der Waals surface area contributed by atoms with Crippen molar-refractivity contribution >= 4 is 5.97 Å². The Morgan fingerprint density at radius 2 is 2.10 bits per heavy atom. The Balaban J connectivity index is 0.000000315. The van der Waals surface area contributed by atoms with Crippen molar-refractivity contribution in [3.05, 3.63) is 23.8 Å². The van der Waals surface area contributed by atoms with Crippen molar-refractivity contribution in [2.45, 2.75) is 66.7 Å². The molecule has 2 heteroatoms. The van der Waals surface area contributed by atoms with Crippen LogP contribution in [0.15, 0.2) is 23.8 Å². The molecule has 2 aliphatic rings. The van der Waals surface area contributed by atoms with Crippen molar-refractivity contribution in [1.29, 1.82) is 0 Å². The second-order valence-electron chi connectivity index (χ2n) is 7.12. The van der Waals surface area contributed by atoms with E-state index < -0.39 is 0 Å². The van der Waals surface area contributed by atoms with Gasteiger partial charge in [0.05, 0.1) is 6.61 Å². The Labute approximate surface area is 130 Å². The van der Waals surface area contributed by atoms with Crippen LogP contribution in [0.4, 0.5) is 0 Å². The van der Waals surface area contributed by atoms with E-state index in [1.807, 2.05) is 0 Å². The summed E-state index contributed by atoms with van der Waals surface area (Å²) in [5.74, 6) is 1.52. The molecular formula is C19H32O2. The average molecular weight is 292 g/mol. The van der Waals surface area contributed by atoms with E-state index in [4.69, 9.17) is 0 Å². The number of carbonyl (C=O) groups is 1. The summed E-state index contributed by atoms with van der Waals surface area (Å²) in [6, 6.07) is 0. The van der Waals surface area contributed by atoms with Gasteiger partial charge in [0, 0.05) is 6.92 Å². The van der Waals surface area contributed by atoms with Gasteiger partial charge in [-0.25, -0.2) is 0 Å².